The number of aldehydes is 1. The van der Waals surface area contributed by atoms with Crippen molar-refractivity contribution in [1.29, 1.82) is 0 Å². The monoisotopic (exact) mass is 383 g/mol. The van der Waals surface area contributed by atoms with E-state index in [4.69, 9.17) is 28.2 Å². The molecule has 0 atom stereocenters. The van der Waals surface area contributed by atoms with Crippen molar-refractivity contribution >= 4 is 52.6 Å². The molecular formula is C20H11Cl2NOS. The Kier molecular flexibility index (Phi) is 4.38. The minimum Gasteiger partial charge on any atom is -0.298 e. The first-order valence-electron chi connectivity index (χ1n) is 7.56. The van der Waals surface area contributed by atoms with Gasteiger partial charge < -0.3 is 0 Å². The standard InChI is InChI=1S/C20H11Cl2NOS/c21-14-4-2-13(3-5-14)20-16-7-6-15(22)10-19(16)25-18-8-1-12(11-24)9-17(18)23-20/h1-11H. The molecular weight excluding hydrogens is 373 g/mol. The first-order valence-corrected chi connectivity index (χ1v) is 9.13. The van der Waals surface area contributed by atoms with Gasteiger partial charge in [-0.3, -0.25) is 4.79 Å². The zero-order chi connectivity index (χ0) is 17.4. The molecule has 0 bridgehead atoms. The molecule has 5 heteroatoms. The number of fused-ring (bicyclic) bond motifs is 2. The number of benzene rings is 3. The molecule has 3 aromatic carbocycles. The third-order valence-corrected chi connectivity index (χ3v) is 5.50. The van der Waals surface area contributed by atoms with Crippen LogP contribution in [0, 0.1) is 0 Å². The molecule has 1 aliphatic heterocycles. The van der Waals surface area contributed by atoms with Gasteiger partial charge in [-0.25, -0.2) is 4.99 Å². The molecule has 1 heterocycles. The fraction of sp³-hybridized carbons (Fsp3) is 0. The van der Waals surface area contributed by atoms with Crippen LogP contribution in [0.5, 0.6) is 0 Å². The summed E-state index contributed by atoms with van der Waals surface area (Å²) >= 11 is 13.8. The van der Waals surface area contributed by atoms with Crippen molar-refractivity contribution in [2.45, 2.75) is 9.79 Å². The van der Waals surface area contributed by atoms with Crippen LogP contribution in [-0.2, 0) is 0 Å². The van der Waals surface area contributed by atoms with Gasteiger partial charge in [0.15, 0.2) is 0 Å². The molecule has 0 aliphatic carbocycles. The lowest BCUT2D eigenvalue weighted by Gasteiger charge is -2.09. The second-order valence-corrected chi connectivity index (χ2v) is 7.51. The molecule has 2 nitrogen and oxygen atoms in total. The van der Waals surface area contributed by atoms with E-state index >= 15 is 0 Å². The predicted octanol–water partition coefficient (Wildman–Crippen LogP) is 6.44. The average molecular weight is 384 g/mol. The quantitative estimate of drug-likeness (QED) is 0.372. The predicted molar refractivity (Wildman–Crippen MR) is 104 cm³/mol. The van der Waals surface area contributed by atoms with Crippen LogP contribution in [0.15, 0.2) is 75.4 Å². The highest BCUT2D eigenvalue weighted by molar-refractivity contribution is 7.99. The second-order valence-electron chi connectivity index (χ2n) is 5.55. The third kappa shape index (κ3) is 3.23. The lowest BCUT2D eigenvalue weighted by molar-refractivity contribution is 0.112. The first kappa shape index (κ1) is 16.4. The van der Waals surface area contributed by atoms with Gasteiger partial charge in [0.2, 0.25) is 0 Å². The second kappa shape index (κ2) is 6.68. The molecule has 0 N–H and O–H groups in total. The van der Waals surface area contributed by atoms with Gasteiger partial charge in [0.05, 0.1) is 11.4 Å². The van der Waals surface area contributed by atoms with Gasteiger partial charge in [-0.1, -0.05) is 59.2 Å². The van der Waals surface area contributed by atoms with Crippen LogP contribution in [0.4, 0.5) is 5.69 Å². The summed E-state index contributed by atoms with van der Waals surface area (Å²) in [6, 6.07) is 18.9. The molecule has 0 unspecified atom stereocenters. The maximum Gasteiger partial charge on any atom is 0.150 e. The van der Waals surface area contributed by atoms with E-state index in [0.29, 0.717) is 15.6 Å². The minimum atomic E-state index is 0.600. The van der Waals surface area contributed by atoms with Crippen LogP contribution in [0.25, 0.3) is 0 Å². The lowest BCUT2D eigenvalue weighted by Crippen LogP contribution is -2.03. The Balaban J connectivity index is 1.98. The van der Waals surface area contributed by atoms with Crippen molar-refractivity contribution in [1.82, 2.24) is 0 Å². The van der Waals surface area contributed by atoms with Gasteiger partial charge in [0.25, 0.3) is 0 Å². The molecule has 0 aromatic heterocycles. The van der Waals surface area contributed by atoms with E-state index in [1.807, 2.05) is 48.5 Å². The highest BCUT2D eigenvalue weighted by Crippen LogP contribution is 2.42. The molecule has 4 rings (SSSR count). The van der Waals surface area contributed by atoms with Crippen LogP contribution in [0.1, 0.15) is 21.5 Å². The van der Waals surface area contributed by atoms with Crippen molar-refractivity contribution in [3.63, 3.8) is 0 Å². The van der Waals surface area contributed by atoms with E-state index in [2.05, 4.69) is 0 Å². The fourth-order valence-electron chi connectivity index (χ4n) is 2.68. The Morgan fingerprint density at radius 1 is 0.840 bits per heavy atom. The van der Waals surface area contributed by atoms with Gasteiger partial charge in [0.1, 0.15) is 6.29 Å². The van der Waals surface area contributed by atoms with E-state index in [1.165, 1.54) is 0 Å². The van der Waals surface area contributed by atoms with E-state index in [0.717, 1.165) is 38.6 Å². The number of nitrogens with zero attached hydrogens (tertiary/aromatic N) is 1. The van der Waals surface area contributed by atoms with E-state index in [1.54, 1.807) is 23.9 Å². The summed E-state index contributed by atoms with van der Waals surface area (Å²) in [7, 11) is 0. The van der Waals surface area contributed by atoms with Crippen LogP contribution in [0.2, 0.25) is 10.0 Å². The summed E-state index contributed by atoms with van der Waals surface area (Å²) in [6.45, 7) is 0. The number of hydrogen-bond donors (Lipinski definition) is 0. The Morgan fingerprint density at radius 3 is 2.36 bits per heavy atom. The average Bonchev–Trinajstić information content (AvgIpc) is 2.77. The van der Waals surface area contributed by atoms with Crippen LogP contribution in [-0.4, -0.2) is 12.0 Å². The molecule has 0 amide bonds. The van der Waals surface area contributed by atoms with Gasteiger partial charge in [-0.2, -0.15) is 0 Å². The third-order valence-electron chi connectivity index (χ3n) is 3.89. The van der Waals surface area contributed by atoms with Crippen molar-refractivity contribution in [3.8, 4) is 0 Å². The van der Waals surface area contributed by atoms with Crippen molar-refractivity contribution in [3.05, 3.63) is 87.4 Å². The molecule has 0 saturated heterocycles. The Morgan fingerprint density at radius 2 is 1.60 bits per heavy atom. The van der Waals surface area contributed by atoms with Crippen LogP contribution >= 0.6 is 35.0 Å². The van der Waals surface area contributed by atoms with Crippen LogP contribution < -0.4 is 0 Å². The maximum absolute atomic E-state index is 11.1. The lowest BCUT2D eigenvalue weighted by atomic mass is 10.0. The summed E-state index contributed by atoms with van der Waals surface area (Å²) in [5.74, 6) is 0. The fourth-order valence-corrected chi connectivity index (χ4v) is 4.09. The molecule has 25 heavy (non-hydrogen) atoms. The summed E-state index contributed by atoms with van der Waals surface area (Å²) in [4.78, 5) is 18.0. The van der Waals surface area contributed by atoms with Gasteiger partial charge >= 0.3 is 0 Å². The topological polar surface area (TPSA) is 29.4 Å². The molecule has 0 fully saturated rings. The minimum absolute atomic E-state index is 0.600. The number of rotatable bonds is 2. The molecule has 0 saturated carbocycles. The molecule has 122 valence electrons. The maximum atomic E-state index is 11.1. The smallest absolute Gasteiger partial charge is 0.150 e. The van der Waals surface area contributed by atoms with E-state index in [9.17, 15) is 4.79 Å². The summed E-state index contributed by atoms with van der Waals surface area (Å²) in [5, 5.41) is 1.35. The van der Waals surface area contributed by atoms with Crippen molar-refractivity contribution in [2.75, 3.05) is 0 Å². The number of carbonyl (C=O) groups is 1. The van der Waals surface area contributed by atoms with Gasteiger partial charge in [0, 0.05) is 36.5 Å². The number of hydrogen-bond acceptors (Lipinski definition) is 3. The Bertz CT molecular complexity index is 1010. The zero-order valence-corrected chi connectivity index (χ0v) is 15.2. The molecule has 0 radical (unpaired) electrons. The van der Waals surface area contributed by atoms with Crippen molar-refractivity contribution in [2.24, 2.45) is 4.99 Å². The highest BCUT2D eigenvalue weighted by Gasteiger charge is 2.19. The van der Waals surface area contributed by atoms with Crippen LogP contribution in [0.3, 0.4) is 0 Å². The zero-order valence-electron chi connectivity index (χ0n) is 12.9. The molecule has 3 aromatic rings. The van der Waals surface area contributed by atoms with Gasteiger partial charge in [-0.15, -0.1) is 0 Å². The Labute approximate surface area is 159 Å². The summed E-state index contributed by atoms with van der Waals surface area (Å²) < 4.78 is 0. The van der Waals surface area contributed by atoms with Gasteiger partial charge in [-0.05, 0) is 36.4 Å². The summed E-state index contributed by atoms with van der Waals surface area (Å²) in [6.07, 6.45) is 0.831. The SMILES string of the molecule is O=Cc1ccc2c(c1)N=C(c1ccc(Cl)cc1)c1ccc(Cl)cc1S2. The number of aliphatic imine (C=N–C) groups is 1. The van der Waals surface area contributed by atoms with E-state index < -0.39 is 0 Å². The Hall–Kier alpha value is -2.07. The number of halogens is 2. The number of carbonyl (C=O) groups excluding carboxylic acids is 1. The summed E-state index contributed by atoms with van der Waals surface area (Å²) in [5.41, 5.74) is 4.16. The molecule has 1 aliphatic rings. The largest absolute Gasteiger partial charge is 0.298 e. The molecule has 0 spiro atoms. The highest BCUT2D eigenvalue weighted by atomic mass is 35.5. The van der Waals surface area contributed by atoms with Crippen molar-refractivity contribution < 1.29 is 4.79 Å². The normalized spacial score (nSPS) is 12.6. The van der Waals surface area contributed by atoms with E-state index in [-0.39, 0.29) is 0 Å². The first-order chi connectivity index (χ1) is 12.1.